The number of imide groups is 1. The van der Waals surface area contributed by atoms with Crippen molar-refractivity contribution in [2.45, 2.75) is 50.2 Å². The van der Waals surface area contributed by atoms with Gasteiger partial charge < -0.3 is 15.0 Å². The van der Waals surface area contributed by atoms with Gasteiger partial charge in [0.05, 0.1) is 30.7 Å². The lowest BCUT2D eigenvalue weighted by molar-refractivity contribution is -0.146. The molecular formula is C28H28ClN3O4. The SMILES string of the molecule is COc1ccc(Cl)cc1NC(=O)[C@@H]1[C@@H]2C(=O)N(C3CCCCC3)C(=O)[C@@H]2C2c3ccccc3C=CN21. The summed E-state index contributed by atoms with van der Waals surface area (Å²) >= 11 is 6.19. The average molecular weight is 506 g/mol. The highest BCUT2D eigenvalue weighted by molar-refractivity contribution is 6.31. The summed E-state index contributed by atoms with van der Waals surface area (Å²) in [4.78, 5) is 45.1. The highest BCUT2D eigenvalue weighted by Crippen LogP contribution is 2.53. The number of methoxy groups -OCH3 is 1. The number of carbonyl (C=O) groups excluding carboxylic acids is 3. The summed E-state index contributed by atoms with van der Waals surface area (Å²) in [7, 11) is 1.52. The maximum Gasteiger partial charge on any atom is 0.248 e. The Kier molecular flexibility index (Phi) is 5.75. The first-order chi connectivity index (χ1) is 17.5. The van der Waals surface area contributed by atoms with Crippen molar-refractivity contribution in [3.63, 3.8) is 0 Å². The molecule has 36 heavy (non-hydrogen) atoms. The first-order valence-corrected chi connectivity index (χ1v) is 12.9. The Morgan fingerprint density at radius 2 is 1.78 bits per heavy atom. The van der Waals surface area contributed by atoms with E-state index in [2.05, 4.69) is 5.32 Å². The first-order valence-electron chi connectivity index (χ1n) is 12.6. The third-order valence-electron chi connectivity index (χ3n) is 8.12. The molecular weight excluding hydrogens is 478 g/mol. The Hall–Kier alpha value is -3.32. The van der Waals surface area contributed by atoms with Gasteiger partial charge in [-0.1, -0.05) is 55.1 Å². The van der Waals surface area contributed by atoms with Crippen LogP contribution < -0.4 is 10.1 Å². The number of halogens is 1. The van der Waals surface area contributed by atoms with Gasteiger partial charge >= 0.3 is 0 Å². The molecule has 8 heteroatoms. The van der Waals surface area contributed by atoms with Crippen molar-refractivity contribution in [2.24, 2.45) is 11.8 Å². The van der Waals surface area contributed by atoms with Gasteiger partial charge in [-0.05, 0) is 48.2 Å². The van der Waals surface area contributed by atoms with Gasteiger partial charge in [0.25, 0.3) is 0 Å². The molecule has 186 valence electrons. The Morgan fingerprint density at radius 3 is 2.56 bits per heavy atom. The van der Waals surface area contributed by atoms with Crippen LogP contribution in [-0.2, 0) is 14.4 Å². The minimum absolute atomic E-state index is 0.0797. The molecule has 4 atom stereocenters. The molecule has 2 saturated heterocycles. The number of anilines is 1. The Labute approximate surface area is 215 Å². The number of benzene rings is 2. The Morgan fingerprint density at radius 1 is 1.03 bits per heavy atom. The Balaban J connectivity index is 1.41. The maximum atomic E-state index is 13.9. The van der Waals surface area contributed by atoms with E-state index in [-0.39, 0.29) is 29.8 Å². The van der Waals surface area contributed by atoms with Crippen LogP contribution in [0.2, 0.25) is 5.02 Å². The molecule has 0 spiro atoms. The predicted molar refractivity (Wildman–Crippen MR) is 136 cm³/mol. The fourth-order valence-corrected chi connectivity index (χ4v) is 6.74. The summed E-state index contributed by atoms with van der Waals surface area (Å²) in [6.07, 6.45) is 8.61. The van der Waals surface area contributed by atoms with Gasteiger partial charge in [-0.2, -0.15) is 0 Å². The summed E-state index contributed by atoms with van der Waals surface area (Å²) in [5, 5.41) is 3.39. The standard InChI is InChI=1S/C28H28ClN3O4/c1-36-21-12-11-17(29)15-20(21)30-26(33)25-23-22(24-19-10-6-5-7-16(19)13-14-31(24)25)27(34)32(28(23)35)18-8-3-2-4-9-18/h5-7,10-15,18,22-25H,2-4,8-9H2,1H3,(H,30,33)/t22-,23+,24?,25-/m0/s1. The average Bonchev–Trinajstić information content (AvgIpc) is 3.37. The highest BCUT2D eigenvalue weighted by Gasteiger charge is 2.65. The fraction of sp³-hybridized carbons (Fsp3) is 0.393. The first kappa shape index (κ1) is 23.1. The van der Waals surface area contributed by atoms with Crippen LogP contribution >= 0.6 is 11.6 Å². The fourth-order valence-electron chi connectivity index (χ4n) is 6.56. The molecule has 0 bridgehead atoms. The van der Waals surface area contributed by atoms with Crippen molar-refractivity contribution in [1.29, 1.82) is 0 Å². The molecule has 1 aliphatic carbocycles. The van der Waals surface area contributed by atoms with Crippen molar-refractivity contribution in [3.8, 4) is 5.75 Å². The number of nitrogens with zero attached hydrogens (tertiary/aromatic N) is 2. The zero-order valence-corrected chi connectivity index (χ0v) is 20.8. The number of fused-ring (bicyclic) bond motifs is 5. The predicted octanol–water partition coefficient (Wildman–Crippen LogP) is 4.63. The summed E-state index contributed by atoms with van der Waals surface area (Å²) < 4.78 is 5.41. The molecule has 0 aromatic heterocycles. The van der Waals surface area contributed by atoms with E-state index in [4.69, 9.17) is 16.3 Å². The van der Waals surface area contributed by atoms with Gasteiger partial charge in [0, 0.05) is 17.3 Å². The number of nitrogens with one attached hydrogen (secondary N) is 1. The van der Waals surface area contributed by atoms with Crippen molar-refractivity contribution in [2.75, 3.05) is 12.4 Å². The number of ether oxygens (including phenoxy) is 1. The van der Waals surface area contributed by atoms with Gasteiger partial charge in [0.1, 0.15) is 11.8 Å². The molecule has 1 N–H and O–H groups in total. The molecule has 4 aliphatic rings. The number of amides is 3. The second-order valence-electron chi connectivity index (χ2n) is 10.0. The molecule has 1 saturated carbocycles. The molecule has 3 aliphatic heterocycles. The van der Waals surface area contributed by atoms with Crippen LogP contribution in [0.4, 0.5) is 5.69 Å². The quantitative estimate of drug-likeness (QED) is 0.613. The van der Waals surface area contributed by atoms with Crippen molar-refractivity contribution < 1.29 is 19.1 Å². The van der Waals surface area contributed by atoms with Crippen molar-refractivity contribution in [3.05, 3.63) is 64.8 Å². The van der Waals surface area contributed by atoms with E-state index in [0.717, 1.165) is 43.2 Å². The van der Waals surface area contributed by atoms with Crippen LogP contribution in [0, 0.1) is 11.8 Å². The summed E-state index contributed by atoms with van der Waals surface area (Å²) in [5.41, 5.74) is 2.40. The molecule has 2 aromatic carbocycles. The van der Waals surface area contributed by atoms with E-state index in [1.54, 1.807) is 18.2 Å². The molecule has 3 heterocycles. The molecule has 2 aromatic rings. The zero-order chi connectivity index (χ0) is 25.0. The Bertz CT molecular complexity index is 1270. The van der Waals surface area contributed by atoms with Gasteiger partial charge in [-0.15, -0.1) is 0 Å². The minimum Gasteiger partial charge on any atom is -0.495 e. The molecule has 3 amide bonds. The lowest BCUT2D eigenvalue weighted by Crippen LogP contribution is -2.49. The van der Waals surface area contributed by atoms with Gasteiger partial charge in [0.2, 0.25) is 17.7 Å². The monoisotopic (exact) mass is 505 g/mol. The molecule has 0 radical (unpaired) electrons. The van der Waals surface area contributed by atoms with E-state index in [1.807, 2.05) is 41.4 Å². The second-order valence-corrected chi connectivity index (χ2v) is 10.4. The second kappa shape index (κ2) is 8.96. The van der Waals surface area contributed by atoms with Crippen LogP contribution in [0.3, 0.4) is 0 Å². The van der Waals surface area contributed by atoms with Crippen LogP contribution in [-0.4, -0.2) is 46.7 Å². The van der Waals surface area contributed by atoms with E-state index in [0.29, 0.717) is 16.5 Å². The van der Waals surface area contributed by atoms with E-state index < -0.39 is 17.9 Å². The lowest BCUT2D eigenvalue weighted by Gasteiger charge is -2.37. The summed E-state index contributed by atoms with van der Waals surface area (Å²) in [5.74, 6) is -1.63. The lowest BCUT2D eigenvalue weighted by atomic mass is 9.84. The van der Waals surface area contributed by atoms with Crippen molar-refractivity contribution >= 4 is 41.1 Å². The molecule has 6 rings (SSSR count). The van der Waals surface area contributed by atoms with E-state index >= 15 is 0 Å². The van der Waals surface area contributed by atoms with E-state index in [9.17, 15) is 14.4 Å². The third-order valence-corrected chi connectivity index (χ3v) is 8.36. The largest absolute Gasteiger partial charge is 0.495 e. The molecule has 1 unspecified atom stereocenters. The van der Waals surface area contributed by atoms with Gasteiger partial charge in [-0.3, -0.25) is 19.3 Å². The normalized spacial score (nSPS) is 27.1. The smallest absolute Gasteiger partial charge is 0.248 e. The summed E-state index contributed by atoms with van der Waals surface area (Å²) in [6, 6.07) is 11.6. The van der Waals surface area contributed by atoms with E-state index in [1.165, 1.54) is 12.0 Å². The zero-order valence-electron chi connectivity index (χ0n) is 20.0. The topological polar surface area (TPSA) is 79.0 Å². The number of hydrogen-bond acceptors (Lipinski definition) is 5. The summed E-state index contributed by atoms with van der Waals surface area (Å²) in [6.45, 7) is 0. The number of likely N-dealkylation sites (tertiary alicyclic amines) is 1. The van der Waals surface area contributed by atoms with Crippen molar-refractivity contribution in [1.82, 2.24) is 9.80 Å². The van der Waals surface area contributed by atoms with Gasteiger partial charge in [0.15, 0.2) is 0 Å². The number of carbonyl (C=O) groups is 3. The minimum atomic E-state index is -0.835. The molecule has 3 fully saturated rings. The highest BCUT2D eigenvalue weighted by atomic mass is 35.5. The third kappa shape index (κ3) is 3.52. The van der Waals surface area contributed by atoms with Crippen LogP contribution in [0.5, 0.6) is 5.75 Å². The number of rotatable bonds is 4. The van der Waals surface area contributed by atoms with Gasteiger partial charge in [-0.25, -0.2) is 0 Å². The maximum absolute atomic E-state index is 13.9. The number of hydrogen-bond donors (Lipinski definition) is 1. The molecule has 7 nitrogen and oxygen atoms in total. The van der Waals surface area contributed by atoms with Crippen LogP contribution in [0.15, 0.2) is 48.7 Å². The van der Waals surface area contributed by atoms with Crippen LogP contribution in [0.1, 0.15) is 49.3 Å². The van der Waals surface area contributed by atoms with Crippen LogP contribution in [0.25, 0.3) is 6.08 Å².